The van der Waals surface area contributed by atoms with E-state index in [9.17, 15) is 13.6 Å². The fraction of sp³-hybridized carbons (Fsp3) is 0.556. The van der Waals surface area contributed by atoms with Gasteiger partial charge in [0.05, 0.1) is 12.1 Å². The summed E-state index contributed by atoms with van der Waals surface area (Å²) in [6, 6.07) is 4.70. The molecular weight excluding hydrogens is 326 g/mol. The van der Waals surface area contributed by atoms with Crippen molar-refractivity contribution in [3.05, 3.63) is 30.1 Å². The molecule has 0 radical (unpaired) electrons. The summed E-state index contributed by atoms with van der Waals surface area (Å²) in [5.74, 6) is -0.194. The molecule has 7 heteroatoms. The lowest BCUT2D eigenvalue weighted by atomic mass is 9.97. The molecule has 4 heterocycles. The Morgan fingerprint density at radius 3 is 2.76 bits per heavy atom. The average molecular weight is 348 g/mol. The van der Waals surface area contributed by atoms with Crippen molar-refractivity contribution in [1.29, 1.82) is 0 Å². The lowest BCUT2D eigenvalue weighted by Crippen LogP contribution is -2.48. The Kier molecular flexibility index (Phi) is 4.19. The van der Waals surface area contributed by atoms with Gasteiger partial charge in [-0.1, -0.05) is 0 Å². The number of carbonyl (C=O) groups is 1. The van der Waals surface area contributed by atoms with Crippen LogP contribution in [0, 0.1) is 0 Å². The predicted molar refractivity (Wildman–Crippen MR) is 90.8 cm³/mol. The number of carbonyl (C=O) groups excluding carboxylic acids is 1. The Morgan fingerprint density at radius 2 is 2.08 bits per heavy atom. The Morgan fingerprint density at radius 1 is 1.36 bits per heavy atom. The Bertz CT molecular complexity index is 776. The van der Waals surface area contributed by atoms with Crippen LogP contribution in [0.4, 0.5) is 8.78 Å². The second-order valence-corrected chi connectivity index (χ2v) is 7.15. The third kappa shape index (κ3) is 3.01. The first-order valence-electron chi connectivity index (χ1n) is 8.77. The van der Waals surface area contributed by atoms with Crippen LogP contribution in [0.25, 0.3) is 11.0 Å². The first-order valence-corrected chi connectivity index (χ1v) is 8.77. The molecule has 25 heavy (non-hydrogen) atoms. The number of halogens is 2. The van der Waals surface area contributed by atoms with E-state index in [4.69, 9.17) is 0 Å². The van der Waals surface area contributed by atoms with Gasteiger partial charge in [-0.25, -0.2) is 13.8 Å². The lowest BCUT2D eigenvalue weighted by molar-refractivity contribution is 0.0882. The van der Waals surface area contributed by atoms with Gasteiger partial charge in [0.25, 0.3) is 12.3 Å². The van der Waals surface area contributed by atoms with Gasteiger partial charge in [-0.2, -0.15) is 0 Å². The highest BCUT2D eigenvalue weighted by Crippen LogP contribution is 2.34. The molecule has 134 valence electrons. The third-order valence-corrected chi connectivity index (χ3v) is 5.65. The number of fused-ring (bicyclic) bond motifs is 3. The molecule has 2 bridgehead atoms. The molecule has 2 aromatic rings. The normalized spacial score (nSPS) is 26.5. The van der Waals surface area contributed by atoms with Crippen molar-refractivity contribution in [3.63, 3.8) is 0 Å². The summed E-state index contributed by atoms with van der Waals surface area (Å²) in [5, 5.41) is 3.74. The molecule has 2 aliphatic rings. The minimum absolute atomic E-state index is 0.145. The standard InChI is InChI=1S/C18H22F2N4O/c1-23-12-4-5-13(23)8-11(7-12)22-18(25)15-9-24(10-16(19)20)17-14(15)3-2-6-21-17/h2-3,6,9,11-13,16H,4-5,7-8,10H2,1H3,(H,22,25)/t11-,12+,13-. The summed E-state index contributed by atoms with van der Waals surface area (Å²) in [6.07, 6.45) is 4.84. The van der Waals surface area contributed by atoms with Crippen molar-refractivity contribution in [2.24, 2.45) is 0 Å². The van der Waals surface area contributed by atoms with E-state index in [-0.39, 0.29) is 11.9 Å². The number of alkyl halides is 2. The van der Waals surface area contributed by atoms with Crippen LogP contribution < -0.4 is 5.32 Å². The van der Waals surface area contributed by atoms with Crippen molar-refractivity contribution in [3.8, 4) is 0 Å². The van der Waals surface area contributed by atoms with Gasteiger partial charge in [-0.05, 0) is 44.9 Å². The minimum Gasteiger partial charge on any atom is -0.349 e. The van der Waals surface area contributed by atoms with Gasteiger partial charge >= 0.3 is 0 Å². The van der Waals surface area contributed by atoms with E-state index in [1.165, 1.54) is 23.6 Å². The van der Waals surface area contributed by atoms with Gasteiger partial charge in [0, 0.05) is 35.9 Å². The van der Waals surface area contributed by atoms with Gasteiger partial charge in [-0.3, -0.25) is 4.79 Å². The van der Waals surface area contributed by atoms with Crippen LogP contribution >= 0.6 is 0 Å². The maximum Gasteiger partial charge on any atom is 0.256 e. The monoisotopic (exact) mass is 348 g/mol. The van der Waals surface area contributed by atoms with Crippen LogP contribution in [-0.2, 0) is 6.54 Å². The number of pyridine rings is 1. The molecule has 2 aliphatic heterocycles. The number of amides is 1. The lowest BCUT2D eigenvalue weighted by Gasteiger charge is -2.36. The second kappa shape index (κ2) is 6.37. The molecule has 0 saturated carbocycles. The van der Waals surface area contributed by atoms with Gasteiger partial charge < -0.3 is 14.8 Å². The first kappa shape index (κ1) is 16.4. The van der Waals surface area contributed by atoms with E-state index in [1.54, 1.807) is 18.3 Å². The number of nitrogens with zero attached hydrogens (tertiary/aromatic N) is 3. The maximum absolute atomic E-state index is 12.8. The molecule has 2 fully saturated rings. The topological polar surface area (TPSA) is 50.2 Å². The smallest absolute Gasteiger partial charge is 0.256 e. The summed E-state index contributed by atoms with van der Waals surface area (Å²) in [5.41, 5.74) is 0.853. The number of hydrogen-bond donors (Lipinski definition) is 1. The molecule has 0 aliphatic carbocycles. The highest BCUT2D eigenvalue weighted by Gasteiger charge is 2.39. The zero-order chi connectivity index (χ0) is 17.6. The molecule has 4 rings (SSSR count). The van der Waals surface area contributed by atoms with Crippen molar-refractivity contribution in [2.45, 2.75) is 56.8 Å². The van der Waals surface area contributed by atoms with Gasteiger partial charge in [0.1, 0.15) is 5.65 Å². The van der Waals surface area contributed by atoms with Crippen LogP contribution in [0.1, 0.15) is 36.0 Å². The van der Waals surface area contributed by atoms with E-state index in [0.717, 1.165) is 12.8 Å². The van der Waals surface area contributed by atoms with Crippen molar-refractivity contribution in [2.75, 3.05) is 7.05 Å². The van der Waals surface area contributed by atoms with Crippen molar-refractivity contribution < 1.29 is 13.6 Å². The highest BCUT2D eigenvalue weighted by molar-refractivity contribution is 6.06. The number of nitrogens with one attached hydrogen (secondary N) is 1. The molecule has 5 nitrogen and oxygen atoms in total. The number of piperidine rings is 1. The minimum atomic E-state index is -2.49. The predicted octanol–water partition coefficient (Wildman–Crippen LogP) is 2.66. The summed E-state index contributed by atoms with van der Waals surface area (Å²) in [7, 11) is 2.16. The number of aromatic nitrogens is 2. The first-order chi connectivity index (χ1) is 12.0. The molecule has 2 saturated heterocycles. The van der Waals surface area contributed by atoms with Crippen LogP contribution in [0.2, 0.25) is 0 Å². The second-order valence-electron chi connectivity index (χ2n) is 7.15. The molecule has 0 unspecified atom stereocenters. The van der Waals surface area contributed by atoms with Crippen molar-refractivity contribution >= 4 is 16.9 Å². The summed E-state index contributed by atoms with van der Waals surface area (Å²) in [4.78, 5) is 19.4. The Labute approximate surface area is 145 Å². The van der Waals surface area contributed by atoms with E-state index in [0.29, 0.717) is 28.7 Å². The van der Waals surface area contributed by atoms with E-state index in [2.05, 4.69) is 22.2 Å². The van der Waals surface area contributed by atoms with E-state index >= 15 is 0 Å². The quantitative estimate of drug-likeness (QED) is 0.924. The average Bonchev–Trinajstić information content (AvgIpc) is 3.01. The van der Waals surface area contributed by atoms with Crippen molar-refractivity contribution in [1.82, 2.24) is 19.8 Å². The van der Waals surface area contributed by atoms with Crippen LogP contribution in [-0.4, -0.2) is 52.0 Å². The summed E-state index contributed by atoms with van der Waals surface area (Å²) < 4.78 is 27.0. The fourth-order valence-corrected chi connectivity index (χ4v) is 4.38. The largest absolute Gasteiger partial charge is 0.349 e. The third-order valence-electron chi connectivity index (χ3n) is 5.65. The zero-order valence-electron chi connectivity index (χ0n) is 14.2. The molecule has 3 atom stereocenters. The molecule has 0 aromatic carbocycles. The number of hydrogen-bond acceptors (Lipinski definition) is 3. The maximum atomic E-state index is 12.8. The summed E-state index contributed by atoms with van der Waals surface area (Å²) in [6.45, 7) is -0.459. The summed E-state index contributed by atoms with van der Waals surface area (Å²) >= 11 is 0. The fourth-order valence-electron chi connectivity index (χ4n) is 4.38. The van der Waals surface area contributed by atoms with E-state index < -0.39 is 13.0 Å². The SMILES string of the molecule is CN1[C@@H]2CC[C@H]1C[C@@H](NC(=O)c1cn(CC(F)F)c3ncccc13)C2. The van der Waals surface area contributed by atoms with Gasteiger partial charge in [0.2, 0.25) is 0 Å². The highest BCUT2D eigenvalue weighted by atomic mass is 19.3. The van der Waals surface area contributed by atoms with Gasteiger partial charge in [0.15, 0.2) is 0 Å². The zero-order valence-corrected chi connectivity index (χ0v) is 14.2. The number of rotatable bonds is 4. The molecular formula is C18H22F2N4O. The Hall–Kier alpha value is -2.02. The molecule has 0 spiro atoms. The van der Waals surface area contributed by atoms with E-state index in [1.807, 2.05) is 0 Å². The molecule has 1 amide bonds. The van der Waals surface area contributed by atoms with Crippen LogP contribution in [0.3, 0.4) is 0 Å². The van der Waals surface area contributed by atoms with Gasteiger partial charge in [-0.15, -0.1) is 0 Å². The van der Waals surface area contributed by atoms with Crippen LogP contribution in [0.5, 0.6) is 0 Å². The molecule has 2 aromatic heterocycles. The Balaban J connectivity index is 1.56. The molecule has 1 N–H and O–H groups in total. The van der Waals surface area contributed by atoms with Crippen LogP contribution in [0.15, 0.2) is 24.5 Å².